The quantitative estimate of drug-likeness (QED) is 0.811. The van der Waals surface area contributed by atoms with Crippen LogP contribution in [0.25, 0.3) is 0 Å². The van der Waals surface area contributed by atoms with Gasteiger partial charge < -0.3 is 9.30 Å². The molecular weight excluding hydrogens is 278 g/mol. The highest BCUT2D eigenvalue weighted by atomic mass is 32.2. The van der Waals surface area contributed by atoms with Crippen molar-refractivity contribution in [1.29, 1.82) is 0 Å². The van der Waals surface area contributed by atoms with E-state index < -0.39 is 10.0 Å². The van der Waals surface area contributed by atoms with Crippen LogP contribution < -0.4 is 0 Å². The molecule has 0 unspecified atom stereocenters. The minimum Gasteiger partial charge on any atom is -0.377 e. The summed E-state index contributed by atoms with van der Waals surface area (Å²) in [5, 5.41) is 0.139. The molecule has 1 aliphatic carbocycles. The molecule has 0 radical (unpaired) electrons. The topological polar surface area (TPSA) is 64.4 Å². The van der Waals surface area contributed by atoms with Gasteiger partial charge in [0.1, 0.15) is 5.82 Å². The van der Waals surface area contributed by atoms with Crippen molar-refractivity contribution in [3.05, 3.63) is 12.0 Å². The number of aromatic nitrogens is 2. The molecule has 2 fully saturated rings. The molecule has 2 heterocycles. The Kier molecular flexibility index (Phi) is 3.60. The van der Waals surface area contributed by atoms with Crippen LogP contribution in [0.2, 0.25) is 0 Å². The molecule has 0 aromatic carbocycles. The van der Waals surface area contributed by atoms with Crippen molar-refractivity contribution in [2.75, 3.05) is 19.7 Å². The molecule has 1 aliphatic heterocycles. The number of nitrogens with zero attached hydrogens (tertiary/aromatic N) is 3. The van der Waals surface area contributed by atoms with Crippen LogP contribution in [0.4, 0.5) is 0 Å². The second-order valence-electron chi connectivity index (χ2n) is 5.79. The summed E-state index contributed by atoms with van der Waals surface area (Å²) >= 11 is 0. The summed E-state index contributed by atoms with van der Waals surface area (Å²) in [6.07, 6.45) is 4.89. The molecule has 0 N–H and O–H groups in total. The molecule has 6 nitrogen and oxygen atoms in total. The van der Waals surface area contributed by atoms with Crippen LogP contribution in [0.1, 0.15) is 25.1 Å². The zero-order valence-electron chi connectivity index (χ0n) is 11.9. The van der Waals surface area contributed by atoms with Crippen molar-refractivity contribution in [3.8, 4) is 0 Å². The standard InChI is InChI=1S/C13H21N3O3S/c1-10-14-13(8-15(10)2)20(17,18)16-6-5-12(7-16)19-9-11-3-4-11/h8,11-12H,3-7,9H2,1-2H3/t12-/m1/s1. The monoisotopic (exact) mass is 299 g/mol. The van der Waals surface area contributed by atoms with Crippen LogP contribution >= 0.6 is 0 Å². The highest BCUT2D eigenvalue weighted by molar-refractivity contribution is 7.89. The zero-order valence-corrected chi connectivity index (χ0v) is 12.8. The summed E-state index contributed by atoms with van der Waals surface area (Å²) < 4.78 is 34.0. The first-order valence-corrected chi connectivity index (χ1v) is 8.52. The predicted molar refractivity (Wildman–Crippen MR) is 73.8 cm³/mol. The smallest absolute Gasteiger partial charge is 0.262 e. The van der Waals surface area contributed by atoms with E-state index in [1.807, 2.05) is 0 Å². The summed E-state index contributed by atoms with van der Waals surface area (Å²) in [5.74, 6) is 1.41. The van der Waals surface area contributed by atoms with Gasteiger partial charge in [0.2, 0.25) is 0 Å². The van der Waals surface area contributed by atoms with Crippen LogP contribution in [0.5, 0.6) is 0 Å². The maximum Gasteiger partial charge on any atom is 0.262 e. The van der Waals surface area contributed by atoms with E-state index in [2.05, 4.69) is 4.98 Å². The van der Waals surface area contributed by atoms with E-state index in [9.17, 15) is 8.42 Å². The third-order valence-electron chi connectivity index (χ3n) is 4.06. The summed E-state index contributed by atoms with van der Waals surface area (Å²) in [7, 11) is -1.68. The second kappa shape index (κ2) is 5.13. The van der Waals surface area contributed by atoms with Gasteiger partial charge in [-0.3, -0.25) is 0 Å². The fourth-order valence-electron chi connectivity index (χ4n) is 2.39. The molecule has 1 aromatic heterocycles. The summed E-state index contributed by atoms with van der Waals surface area (Å²) in [5.41, 5.74) is 0. The third-order valence-corrected chi connectivity index (χ3v) is 5.80. The van der Waals surface area contributed by atoms with Crippen molar-refractivity contribution in [2.24, 2.45) is 13.0 Å². The molecule has 2 aliphatic rings. The Morgan fingerprint density at radius 3 is 2.75 bits per heavy atom. The summed E-state index contributed by atoms with van der Waals surface area (Å²) in [6, 6.07) is 0. The van der Waals surface area contributed by atoms with Crippen LogP contribution in [-0.2, 0) is 21.8 Å². The summed E-state index contributed by atoms with van der Waals surface area (Å²) in [6.45, 7) is 3.55. The molecule has 1 aromatic rings. The van der Waals surface area contributed by atoms with E-state index >= 15 is 0 Å². The maximum atomic E-state index is 12.5. The van der Waals surface area contributed by atoms with E-state index in [1.165, 1.54) is 17.1 Å². The number of imidazole rings is 1. The van der Waals surface area contributed by atoms with Gasteiger partial charge in [0.15, 0.2) is 5.03 Å². The maximum absolute atomic E-state index is 12.5. The largest absolute Gasteiger partial charge is 0.377 e. The zero-order chi connectivity index (χ0) is 14.3. The first-order valence-electron chi connectivity index (χ1n) is 7.08. The lowest BCUT2D eigenvalue weighted by Gasteiger charge is -2.15. The predicted octanol–water partition coefficient (Wildman–Crippen LogP) is 0.918. The fraction of sp³-hybridized carbons (Fsp3) is 0.769. The van der Waals surface area contributed by atoms with Gasteiger partial charge in [0.05, 0.1) is 6.10 Å². The lowest BCUT2D eigenvalue weighted by molar-refractivity contribution is 0.0561. The Labute approximate surface area is 119 Å². The minimum atomic E-state index is -3.47. The summed E-state index contributed by atoms with van der Waals surface area (Å²) in [4.78, 5) is 4.13. The van der Waals surface area contributed by atoms with Crippen molar-refractivity contribution >= 4 is 10.0 Å². The first kappa shape index (κ1) is 14.0. The van der Waals surface area contributed by atoms with Crippen LogP contribution in [0.15, 0.2) is 11.2 Å². The Balaban J connectivity index is 1.65. The second-order valence-corrected chi connectivity index (χ2v) is 7.67. The van der Waals surface area contributed by atoms with Gasteiger partial charge in [0, 0.05) is 32.9 Å². The van der Waals surface area contributed by atoms with Gasteiger partial charge in [-0.15, -0.1) is 0 Å². The Morgan fingerprint density at radius 1 is 1.40 bits per heavy atom. The molecule has 0 amide bonds. The number of hydrogen-bond acceptors (Lipinski definition) is 4. The van der Waals surface area contributed by atoms with Crippen molar-refractivity contribution < 1.29 is 13.2 Å². The van der Waals surface area contributed by atoms with E-state index in [0.717, 1.165) is 13.0 Å². The average Bonchev–Trinajstić information content (AvgIpc) is 2.99. The molecule has 1 atom stereocenters. The molecule has 7 heteroatoms. The third kappa shape index (κ3) is 2.75. The number of aryl methyl sites for hydroxylation is 2. The molecule has 3 rings (SSSR count). The number of rotatable bonds is 5. The molecule has 0 bridgehead atoms. The van der Waals surface area contributed by atoms with E-state index in [0.29, 0.717) is 24.8 Å². The number of ether oxygens (including phenoxy) is 1. The fourth-order valence-corrected chi connectivity index (χ4v) is 3.90. The van der Waals surface area contributed by atoms with Gasteiger partial charge in [-0.2, -0.15) is 4.31 Å². The molecule has 1 saturated heterocycles. The van der Waals surface area contributed by atoms with E-state index in [1.54, 1.807) is 24.7 Å². The van der Waals surface area contributed by atoms with Gasteiger partial charge in [0.25, 0.3) is 10.0 Å². The van der Waals surface area contributed by atoms with Gasteiger partial charge >= 0.3 is 0 Å². The van der Waals surface area contributed by atoms with Crippen molar-refractivity contribution in [3.63, 3.8) is 0 Å². The molecule has 1 saturated carbocycles. The Morgan fingerprint density at radius 2 is 2.15 bits per heavy atom. The van der Waals surface area contributed by atoms with Crippen molar-refractivity contribution in [1.82, 2.24) is 13.9 Å². The van der Waals surface area contributed by atoms with Crippen LogP contribution in [0.3, 0.4) is 0 Å². The Bertz CT molecular complexity index is 573. The average molecular weight is 299 g/mol. The highest BCUT2D eigenvalue weighted by Gasteiger charge is 2.35. The number of sulfonamides is 1. The molecule has 112 valence electrons. The van der Waals surface area contributed by atoms with Gasteiger partial charge in [-0.05, 0) is 32.1 Å². The normalized spacial score (nSPS) is 24.4. The lowest BCUT2D eigenvalue weighted by atomic mass is 10.3. The lowest BCUT2D eigenvalue weighted by Crippen LogP contribution is -2.30. The number of hydrogen-bond donors (Lipinski definition) is 0. The van der Waals surface area contributed by atoms with Gasteiger partial charge in [-0.25, -0.2) is 13.4 Å². The van der Waals surface area contributed by atoms with Crippen molar-refractivity contribution in [2.45, 2.75) is 37.3 Å². The minimum absolute atomic E-state index is 0.0372. The Hall–Kier alpha value is -0.920. The van der Waals surface area contributed by atoms with E-state index in [4.69, 9.17) is 4.74 Å². The first-order chi connectivity index (χ1) is 9.46. The highest BCUT2D eigenvalue weighted by Crippen LogP contribution is 2.30. The molecular formula is C13H21N3O3S. The molecule has 20 heavy (non-hydrogen) atoms. The van der Waals surface area contributed by atoms with Gasteiger partial charge in [-0.1, -0.05) is 0 Å². The van der Waals surface area contributed by atoms with Crippen LogP contribution in [-0.4, -0.2) is 48.1 Å². The SMILES string of the molecule is Cc1nc(S(=O)(=O)N2CC[C@@H](OCC3CC3)C2)cn1C. The van der Waals surface area contributed by atoms with Crippen LogP contribution in [0, 0.1) is 12.8 Å². The van der Waals surface area contributed by atoms with E-state index in [-0.39, 0.29) is 11.1 Å². The molecule has 0 spiro atoms.